The first-order valence-electron chi connectivity index (χ1n) is 6.15. The largest absolute Gasteiger partial charge is 0.497 e. The number of hydrogen-bond acceptors (Lipinski definition) is 3. The van der Waals surface area contributed by atoms with E-state index >= 15 is 0 Å². The van der Waals surface area contributed by atoms with Crippen LogP contribution in [0.25, 0.3) is 0 Å². The van der Waals surface area contributed by atoms with Gasteiger partial charge in [-0.25, -0.2) is 0 Å². The Hall–Kier alpha value is -1.06. The molecule has 0 aliphatic carbocycles. The van der Waals surface area contributed by atoms with E-state index in [-0.39, 0.29) is 0 Å². The standard InChI is InChI=1S/C14H23NO2/c1-4-13(11-16-2)15-10-9-12-5-7-14(17-3)8-6-12/h5-8,13,15H,4,9-11H2,1-3H3. The van der Waals surface area contributed by atoms with Crippen molar-refractivity contribution in [2.45, 2.75) is 25.8 Å². The summed E-state index contributed by atoms with van der Waals surface area (Å²) in [6, 6.07) is 8.68. The summed E-state index contributed by atoms with van der Waals surface area (Å²) < 4.78 is 10.3. The Kier molecular flexibility index (Phi) is 6.67. The van der Waals surface area contributed by atoms with Gasteiger partial charge in [0.25, 0.3) is 0 Å². The van der Waals surface area contributed by atoms with Gasteiger partial charge >= 0.3 is 0 Å². The summed E-state index contributed by atoms with van der Waals surface area (Å²) in [7, 11) is 3.43. The van der Waals surface area contributed by atoms with E-state index in [1.165, 1.54) is 5.56 Å². The molecule has 0 heterocycles. The van der Waals surface area contributed by atoms with Crippen LogP contribution in [0.15, 0.2) is 24.3 Å². The van der Waals surface area contributed by atoms with E-state index in [1.54, 1.807) is 14.2 Å². The van der Waals surface area contributed by atoms with Gasteiger partial charge in [-0.15, -0.1) is 0 Å². The quantitative estimate of drug-likeness (QED) is 0.752. The first-order valence-corrected chi connectivity index (χ1v) is 6.15. The molecule has 0 spiro atoms. The second-order valence-electron chi connectivity index (χ2n) is 4.11. The third kappa shape index (κ3) is 5.20. The third-order valence-electron chi connectivity index (χ3n) is 2.87. The molecule has 0 amide bonds. The van der Waals surface area contributed by atoms with Crippen molar-refractivity contribution in [3.05, 3.63) is 29.8 Å². The van der Waals surface area contributed by atoms with Gasteiger partial charge in [-0.05, 0) is 37.1 Å². The van der Waals surface area contributed by atoms with Crippen LogP contribution in [-0.2, 0) is 11.2 Å². The fourth-order valence-corrected chi connectivity index (χ4v) is 1.74. The summed E-state index contributed by atoms with van der Waals surface area (Å²) in [6.07, 6.45) is 2.13. The highest BCUT2D eigenvalue weighted by Crippen LogP contribution is 2.11. The van der Waals surface area contributed by atoms with Crippen molar-refractivity contribution in [1.29, 1.82) is 0 Å². The van der Waals surface area contributed by atoms with Crippen LogP contribution < -0.4 is 10.1 Å². The van der Waals surface area contributed by atoms with Crippen LogP contribution in [-0.4, -0.2) is 33.4 Å². The molecule has 96 valence electrons. The van der Waals surface area contributed by atoms with Crippen molar-refractivity contribution in [3.8, 4) is 5.75 Å². The zero-order chi connectivity index (χ0) is 12.5. The molecule has 1 aromatic carbocycles. The van der Waals surface area contributed by atoms with Crippen LogP contribution in [0.3, 0.4) is 0 Å². The predicted molar refractivity (Wildman–Crippen MR) is 70.7 cm³/mol. The Morgan fingerprint density at radius 3 is 2.41 bits per heavy atom. The van der Waals surface area contributed by atoms with Crippen LogP contribution in [0.1, 0.15) is 18.9 Å². The summed E-state index contributed by atoms with van der Waals surface area (Å²) in [5.41, 5.74) is 1.32. The summed E-state index contributed by atoms with van der Waals surface area (Å²) >= 11 is 0. The Morgan fingerprint density at radius 1 is 1.18 bits per heavy atom. The van der Waals surface area contributed by atoms with E-state index in [2.05, 4.69) is 24.4 Å². The van der Waals surface area contributed by atoms with E-state index in [4.69, 9.17) is 9.47 Å². The molecular formula is C14H23NO2. The third-order valence-corrected chi connectivity index (χ3v) is 2.87. The average molecular weight is 237 g/mol. The van der Waals surface area contributed by atoms with Crippen LogP contribution in [0.2, 0.25) is 0 Å². The minimum Gasteiger partial charge on any atom is -0.497 e. The molecule has 0 aliphatic rings. The number of rotatable bonds is 8. The fourth-order valence-electron chi connectivity index (χ4n) is 1.74. The number of nitrogens with one attached hydrogen (secondary N) is 1. The fraction of sp³-hybridized carbons (Fsp3) is 0.571. The summed E-state index contributed by atoms with van der Waals surface area (Å²) in [4.78, 5) is 0. The lowest BCUT2D eigenvalue weighted by Gasteiger charge is -2.15. The molecule has 0 radical (unpaired) electrons. The Balaban J connectivity index is 2.29. The minimum absolute atomic E-state index is 0.457. The van der Waals surface area contributed by atoms with Crippen molar-refractivity contribution in [1.82, 2.24) is 5.32 Å². The van der Waals surface area contributed by atoms with Crippen molar-refractivity contribution < 1.29 is 9.47 Å². The molecule has 0 aliphatic heterocycles. The lowest BCUT2D eigenvalue weighted by atomic mass is 10.1. The maximum atomic E-state index is 5.15. The van der Waals surface area contributed by atoms with E-state index in [0.717, 1.165) is 31.7 Å². The minimum atomic E-state index is 0.457. The number of hydrogen-bond donors (Lipinski definition) is 1. The smallest absolute Gasteiger partial charge is 0.118 e. The van der Waals surface area contributed by atoms with Gasteiger partial charge in [0.1, 0.15) is 5.75 Å². The lowest BCUT2D eigenvalue weighted by molar-refractivity contribution is 0.165. The highest BCUT2D eigenvalue weighted by atomic mass is 16.5. The van der Waals surface area contributed by atoms with Crippen molar-refractivity contribution >= 4 is 0 Å². The second kappa shape index (κ2) is 8.09. The molecule has 3 heteroatoms. The molecule has 0 fully saturated rings. The summed E-state index contributed by atoms with van der Waals surface area (Å²) in [5.74, 6) is 0.910. The maximum Gasteiger partial charge on any atom is 0.118 e. The molecule has 1 unspecified atom stereocenters. The molecule has 1 rings (SSSR count). The van der Waals surface area contributed by atoms with E-state index in [0.29, 0.717) is 6.04 Å². The monoisotopic (exact) mass is 237 g/mol. The van der Waals surface area contributed by atoms with Crippen molar-refractivity contribution in [3.63, 3.8) is 0 Å². The van der Waals surface area contributed by atoms with E-state index in [9.17, 15) is 0 Å². The van der Waals surface area contributed by atoms with Crippen LogP contribution in [0, 0.1) is 0 Å². The highest BCUT2D eigenvalue weighted by molar-refractivity contribution is 5.27. The molecule has 0 aromatic heterocycles. The number of ether oxygens (including phenoxy) is 2. The van der Waals surface area contributed by atoms with Crippen molar-refractivity contribution in [2.24, 2.45) is 0 Å². The van der Waals surface area contributed by atoms with Gasteiger partial charge in [0.05, 0.1) is 13.7 Å². The molecule has 0 bridgehead atoms. The number of benzene rings is 1. The second-order valence-corrected chi connectivity index (χ2v) is 4.11. The predicted octanol–water partition coefficient (Wildman–Crippen LogP) is 2.25. The normalized spacial score (nSPS) is 12.4. The van der Waals surface area contributed by atoms with Gasteiger partial charge in [-0.1, -0.05) is 19.1 Å². The zero-order valence-corrected chi connectivity index (χ0v) is 11.0. The Bertz CT molecular complexity index is 298. The SMILES string of the molecule is CCC(COC)NCCc1ccc(OC)cc1. The molecular weight excluding hydrogens is 214 g/mol. The first kappa shape index (κ1) is 14.0. The van der Waals surface area contributed by atoms with Gasteiger partial charge in [-0.3, -0.25) is 0 Å². The molecule has 3 nitrogen and oxygen atoms in total. The lowest BCUT2D eigenvalue weighted by Crippen LogP contribution is -2.33. The molecule has 1 N–H and O–H groups in total. The summed E-state index contributed by atoms with van der Waals surface area (Å²) in [6.45, 7) is 3.93. The average Bonchev–Trinajstić information content (AvgIpc) is 2.38. The molecule has 17 heavy (non-hydrogen) atoms. The Morgan fingerprint density at radius 2 is 1.88 bits per heavy atom. The van der Waals surface area contributed by atoms with Gasteiger partial charge < -0.3 is 14.8 Å². The van der Waals surface area contributed by atoms with Gasteiger partial charge in [0, 0.05) is 13.2 Å². The van der Waals surface area contributed by atoms with Crippen molar-refractivity contribution in [2.75, 3.05) is 27.4 Å². The Labute approximate surface area is 104 Å². The topological polar surface area (TPSA) is 30.5 Å². The zero-order valence-electron chi connectivity index (χ0n) is 11.0. The van der Waals surface area contributed by atoms with E-state index in [1.807, 2.05) is 12.1 Å². The summed E-state index contributed by atoms with van der Waals surface area (Å²) in [5, 5.41) is 3.49. The van der Waals surface area contributed by atoms with Gasteiger partial charge in [-0.2, -0.15) is 0 Å². The maximum absolute atomic E-state index is 5.15. The molecule has 1 aromatic rings. The molecule has 0 saturated heterocycles. The van der Waals surface area contributed by atoms with E-state index < -0.39 is 0 Å². The van der Waals surface area contributed by atoms with Gasteiger partial charge in [0.15, 0.2) is 0 Å². The van der Waals surface area contributed by atoms with Crippen LogP contribution in [0.4, 0.5) is 0 Å². The molecule has 1 atom stereocenters. The van der Waals surface area contributed by atoms with Gasteiger partial charge in [0.2, 0.25) is 0 Å². The van der Waals surface area contributed by atoms with Crippen LogP contribution >= 0.6 is 0 Å². The van der Waals surface area contributed by atoms with Crippen LogP contribution in [0.5, 0.6) is 5.75 Å². The number of methoxy groups -OCH3 is 2. The first-order chi connectivity index (χ1) is 8.30. The highest BCUT2D eigenvalue weighted by Gasteiger charge is 2.03. The molecule has 0 saturated carbocycles.